The minimum Gasteiger partial charge on any atom is -0.495 e. The zero-order chi connectivity index (χ0) is 27.3. The van der Waals surface area contributed by atoms with Crippen molar-refractivity contribution < 1.29 is 30.8 Å². The molecule has 0 bridgehead atoms. The Hall–Kier alpha value is -3.48. The molecule has 202 valence electrons. The minimum atomic E-state index is -4.23. The molecule has 1 N–H and O–H groups in total. The number of carbonyl (C=O) groups excluding carboxylic acids is 1. The number of rotatable bonds is 9. The van der Waals surface area contributed by atoms with E-state index in [2.05, 4.69) is 5.32 Å². The van der Waals surface area contributed by atoms with Crippen molar-refractivity contribution in [1.29, 1.82) is 0 Å². The van der Waals surface area contributed by atoms with Gasteiger partial charge in [-0.15, -0.1) is 0 Å². The molecule has 3 aromatic rings. The fraction of sp³-hybridized carbons (Fsp3) is 0.269. The van der Waals surface area contributed by atoms with Crippen molar-refractivity contribution in [2.45, 2.75) is 29.1 Å². The number of carbonyl (C=O) groups is 1. The number of sulfonamides is 2. The van der Waals surface area contributed by atoms with Gasteiger partial charge >= 0.3 is 0 Å². The third-order valence-corrected chi connectivity index (χ3v) is 9.82. The number of amides is 1. The second kappa shape index (κ2) is 11.5. The van der Waals surface area contributed by atoms with Gasteiger partial charge in [0.05, 0.1) is 17.7 Å². The van der Waals surface area contributed by atoms with Crippen LogP contribution in [0.1, 0.15) is 19.3 Å². The summed E-state index contributed by atoms with van der Waals surface area (Å²) in [5.41, 5.74) is 0.397. The minimum absolute atomic E-state index is 0.0847. The molecule has 12 heteroatoms. The Morgan fingerprint density at radius 2 is 1.61 bits per heavy atom. The van der Waals surface area contributed by atoms with Crippen LogP contribution in [-0.4, -0.2) is 53.8 Å². The first-order valence-corrected chi connectivity index (χ1v) is 14.8. The normalized spacial score (nSPS) is 14.6. The predicted molar refractivity (Wildman–Crippen MR) is 142 cm³/mol. The lowest BCUT2D eigenvalue weighted by molar-refractivity contribution is -0.114. The molecule has 3 aromatic carbocycles. The van der Waals surface area contributed by atoms with Crippen LogP contribution in [0.25, 0.3) is 0 Å². The van der Waals surface area contributed by atoms with Gasteiger partial charge in [0.25, 0.3) is 10.0 Å². The maximum absolute atomic E-state index is 13.4. The van der Waals surface area contributed by atoms with Gasteiger partial charge in [-0.05, 0) is 67.4 Å². The van der Waals surface area contributed by atoms with Crippen LogP contribution < -0.4 is 14.4 Å². The van der Waals surface area contributed by atoms with Crippen LogP contribution in [0.4, 0.5) is 15.8 Å². The average molecular weight is 562 g/mol. The largest absolute Gasteiger partial charge is 0.495 e. The van der Waals surface area contributed by atoms with Gasteiger partial charge in [0.15, 0.2) is 0 Å². The molecule has 1 heterocycles. The van der Waals surface area contributed by atoms with Gasteiger partial charge in [0, 0.05) is 18.8 Å². The lowest BCUT2D eigenvalue weighted by Gasteiger charge is -2.27. The summed E-state index contributed by atoms with van der Waals surface area (Å²) in [6.45, 7) is 0.189. The Morgan fingerprint density at radius 3 is 2.24 bits per heavy atom. The monoisotopic (exact) mass is 561 g/mol. The molecular weight excluding hydrogens is 533 g/mol. The van der Waals surface area contributed by atoms with Crippen molar-refractivity contribution in [1.82, 2.24) is 4.31 Å². The quantitative estimate of drug-likeness (QED) is 0.425. The van der Waals surface area contributed by atoms with Crippen LogP contribution >= 0.6 is 0 Å². The van der Waals surface area contributed by atoms with E-state index in [4.69, 9.17) is 4.74 Å². The smallest absolute Gasteiger partial charge is 0.264 e. The number of nitrogens with one attached hydrogen (secondary N) is 1. The zero-order valence-electron chi connectivity index (χ0n) is 20.7. The van der Waals surface area contributed by atoms with Crippen LogP contribution in [0.5, 0.6) is 5.75 Å². The van der Waals surface area contributed by atoms with E-state index in [9.17, 15) is 26.0 Å². The second-order valence-corrected chi connectivity index (χ2v) is 12.4. The van der Waals surface area contributed by atoms with Crippen LogP contribution in [0.2, 0.25) is 0 Å². The van der Waals surface area contributed by atoms with E-state index in [0.717, 1.165) is 47.8 Å². The molecule has 0 spiro atoms. The third-order valence-electron chi connectivity index (χ3n) is 6.11. The van der Waals surface area contributed by atoms with E-state index in [1.165, 1.54) is 41.7 Å². The molecule has 1 aliphatic heterocycles. The highest BCUT2D eigenvalue weighted by molar-refractivity contribution is 7.92. The van der Waals surface area contributed by atoms with E-state index in [0.29, 0.717) is 13.1 Å². The Bertz CT molecular complexity index is 1490. The van der Waals surface area contributed by atoms with Crippen LogP contribution in [0, 0.1) is 5.82 Å². The molecule has 0 unspecified atom stereocenters. The van der Waals surface area contributed by atoms with Crippen molar-refractivity contribution in [3.63, 3.8) is 0 Å². The van der Waals surface area contributed by atoms with Gasteiger partial charge in [0.2, 0.25) is 15.9 Å². The SMILES string of the molecule is COc1ccc(NC(=O)CN(c2ccccc2)S(=O)(=O)c2ccc(F)cc2)cc1S(=O)(=O)N1CCCCC1. The molecule has 38 heavy (non-hydrogen) atoms. The molecule has 0 radical (unpaired) electrons. The number of halogens is 1. The highest BCUT2D eigenvalue weighted by Gasteiger charge is 2.30. The van der Waals surface area contributed by atoms with Gasteiger partial charge in [-0.1, -0.05) is 24.6 Å². The summed E-state index contributed by atoms with van der Waals surface area (Å²) in [6, 6.07) is 16.5. The zero-order valence-corrected chi connectivity index (χ0v) is 22.3. The molecular formula is C26H28FN3O6S2. The summed E-state index contributed by atoms with van der Waals surface area (Å²) in [5, 5.41) is 2.60. The van der Waals surface area contributed by atoms with Gasteiger partial charge in [0.1, 0.15) is 23.0 Å². The maximum atomic E-state index is 13.4. The summed E-state index contributed by atoms with van der Waals surface area (Å²) in [6.07, 6.45) is 2.48. The van der Waals surface area contributed by atoms with E-state index in [-0.39, 0.29) is 26.9 Å². The van der Waals surface area contributed by atoms with Crippen LogP contribution in [0.3, 0.4) is 0 Å². The highest BCUT2D eigenvalue weighted by atomic mass is 32.2. The lowest BCUT2D eigenvalue weighted by atomic mass is 10.2. The molecule has 0 saturated carbocycles. The standard InChI is InChI=1S/C26H28FN3O6S2/c1-36-24-15-12-21(18-25(24)38(34,35)29-16-6-3-7-17-29)28-26(31)19-30(22-8-4-2-5-9-22)37(32,33)23-13-10-20(27)11-14-23/h2,4-5,8-15,18H,3,6-7,16-17,19H2,1H3,(H,28,31). The second-order valence-electron chi connectivity index (χ2n) is 8.68. The van der Waals surface area contributed by atoms with E-state index >= 15 is 0 Å². The summed E-state index contributed by atoms with van der Waals surface area (Å²) in [7, 11) is -6.74. The Labute approximate surface area is 221 Å². The number of methoxy groups -OCH3 is 1. The fourth-order valence-electron chi connectivity index (χ4n) is 4.17. The Balaban J connectivity index is 1.62. The van der Waals surface area contributed by atoms with Gasteiger partial charge < -0.3 is 10.1 Å². The number of benzene rings is 3. The molecule has 9 nitrogen and oxygen atoms in total. The van der Waals surface area contributed by atoms with Crippen molar-refractivity contribution in [2.75, 3.05) is 36.4 Å². The first-order valence-electron chi connectivity index (χ1n) is 11.9. The first-order chi connectivity index (χ1) is 18.1. The van der Waals surface area contributed by atoms with Crippen molar-refractivity contribution in [3.8, 4) is 5.75 Å². The highest BCUT2D eigenvalue weighted by Crippen LogP contribution is 2.31. The van der Waals surface area contributed by atoms with E-state index < -0.39 is 38.3 Å². The number of anilines is 2. The Morgan fingerprint density at radius 1 is 0.947 bits per heavy atom. The number of hydrogen-bond acceptors (Lipinski definition) is 6. The summed E-state index contributed by atoms with van der Waals surface area (Å²) < 4.78 is 74.4. The van der Waals surface area contributed by atoms with Crippen LogP contribution in [0.15, 0.2) is 82.6 Å². The van der Waals surface area contributed by atoms with Gasteiger partial charge in [-0.25, -0.2) is 21.2 Å². The molecule has 0 aliphatic carbocycles. The summed E-state index contributed by atoms with van der Waals surface area (Å²) in [5.74, 6) is -1.16. The fourth-order valence-corrected chi connectivity index (χ4v) is 7.29. The molecule has 1 aliphatic rings. The average Bonchev–Trinajstić information content (AvgIpc) is 2.93. The molecule has 0 aromatic heterocycles. The van der Waals surface area contributed by atoms with Gasteiger partial charge in [-0.2, -0.15) is 4.31 Å². The Kier molecular flexibility index (Phi) is 8.34. The number of nitrogens with zero attached hydrogens (tertiary/aromatic N) is 2. The van der Waals surface area contributed by atoms with Crippen molar-refractivity contribution >= 4 is 37.3 Å². The number of para-hydroxylation sites is 1. The molecule has 1 fully saturated rings. The predicted octanol–water partition coefficient (Wildman–Crippen LogP) is 3.84. The third kappa shape index (κ3) is 5.98. The molecule has 1 amide bonds. The topological polar surface area (TPSA) is 113 Å². The lowest BCUT2D eigenvalue weighted by Crippen LogP contribution is -2.38. The molecule has 4 rings (SSSR count). The van der Waals surface area contributed by atoms with Gasteiger partial charge in [-0.3, -0.25) is 9.10 Å². The van der Waals surface area contributed by atoms with Crippen molar-refractivity contribution in [2.24, 2.45) is 0 Å². The number of piperidine rings is 1. The first kappa shape index (κ1) is 27.6. The molecule has 0 atom stereocenters. The number of ether oxygens (including phenoxy) is 1. The molecule has 1 saturated heterocycles. The van der Waals surface area contributed by atoms with Crippen LogP contribution in [-0.2, 0) is 24.8 Å². The van der Waals surface area contributed by atoms with E-state index in [1.807, 2.05) is 0 Å². The van der Waals surface area contributed by atoms with Crippen molar-refractivity contribution in [3.05, 3.63) is 78.6 Å². The maximum Gasteiger partial charge on any atom is 0.264 e. The summed E-state index contributed by atoms with van der Waals surface area (Å²) >= 11 is 0. The van der Waals surface area contributed by atoms with E-state index in [1.54, 1.807) is 18.2 Å². The number of hydrogen-bond donors (Lipinski definition) is 1. The summed E-state index contributed by atoms with van der Waals surface area (Å²) in [4.78, 5) is 12.8.